The Bertz CT molecular complexity index is 1090. The maximum absolute atomic E-state index is 13.1. The van der Waals surface area contributed by atoms with Crippen molar-refractivity contribution in [3.05, 3.63) is 17.6 Å². The molecule has 0 spiro atoms. The monoisotopic (exact) mass is 514 g/mol. The molecule has 2 aromatic rings. The van der Waals surface area contributed by atoms with E-state index in [2.05, 4.69) is 36.3 Å². The van der Waals surface area contributed by atoms with Crippen molar-refractivity contribution < 1.29 is 24.2 Å². The Morgan fingerprint density at radius 2 is 2.24 bits per heavy atom. The van der Waals surface area contributed by atoms with Gasteiger partial charge in [-0.3, -0.25) is 14.5 Å². The van der Waals surface area contributed by atoms with Gasteiger partial charge in [0, 0.05) is 25.7 Å². The van der Waals surface area contributed by atoms with Crippen LogP contribution in [-0.2, 0) is 32.0 Å². The molecule has 2 aromatic heterocycles. The summed E-state index contributed by atoms with van der Waals surface area (Å²) >= 11 is 3.81. The van der Waals surface area contributed by atoms with Gasteiger partial charge in [0.05, 0.1) is 5.75 Å². The Morgan fingerprint density at radius 3 is 2.88 bits per heavy atom. The molecule has 0 bridgehead atoms. The van der Waals surface area contributed by atoms with Crippen LogP contribution in [0.5, 0.6) is 0 Å². The number of ether oxygens (including phenoxy) is 1. The van der Waals surface area contributed by atoms with Gasteiger partial charge in [0.15, 0.2) is 6.33 Å². The minimum atomic E-state index is -1.64. The fourth-order valence-corrected chi connectivity index (χ4v) is 6.32. The lowest BCUT2D eigenvalue weighted by Crippen LogP contribution is -2.80. The number of β-lactam (4-membered cyclic amide) rings is 1. The Hall–Kier alpha value is -2.70. The summed E-state index contributed by atoms with van der Waals surface area (Å²) in [6.07, 6.45) is 1.28. The smallest absolute Gasteiger partial charge is 0.352 e. The SMILES string of the molecule is CO[C@@]1(NC(=O)CSCn2ncnn2)C(=O)N2C(C(=O)O)=C(CSc3nnnn3C)CSC21. The number of aromatic nitrogens is 8. The van der Waals surface area contributed by atoms with Gasteiger partial charge in [-0.2, -0.15) is 4.80 Å². The first-order chi connectivity index (χ1) is 15.9. The van der Waals surface area contributed by atoms with Gasteiger partial charge in [0.1, 0.15) is 16.9 Å². The average molecular weight is 515 g/mol. The van der Waals surface area contributed by atoms with Gasteiger partial charge >= 0.3 is 5.97 Å². The Morgan fingerprint density at radius 1 is 1.42 bits per heavy atom. The molecule has 2 N–H and O–H groups in total. The van der Waals surface area contributed by atoms with E-state index in [-0.39, 0.29) is 11.4 Å². The highest BCUT2D eigenvalue weighted by molar-refractivity contribution is 8.01. The number of hydrogen-bond acceptors (Lipinski definition) is 13. The molecule has 2 atom stereocenters. The van der Waals surface area contributed by atoms with Crippen LogP contribution in [0.3, 0.4) is 0 Å². The van der Waals surface area contributed by atoms with Crippen LogP contribution < -0.4 is 5.32 Å². The maximum Gasteiger partial charge on any atom is 0.352 e. The number of amides is 2. The second-order valence-corrected chi connectivity index (χ2v) is 9.71. The Kier molecular flexibility index (Phi) is 6.86. The molecule has 0 aliphatic carbocycles. The fourth-order valence-electron chi connectivity index (χ4n) is 3.26. The average Bonchev–Trinajstić information content (AvgIpc) is 3.46. The van der Waals surface area contributed by atoms with Crippen LogP contribution in [0.15, 0.2) is 22.8 Å². The molecule has 176 valence electrons. The molecule has 1 fully saturated rings. The van der Waals surface area contributed by atoms with E-state index >= 15 is 0 Å². The maximum atomic E-state index is 13.1. The number of aryl methyl sites for hydroxylation is 1. The third-order valence-corrected chi connectivity index (χ3v) is 8.10. The quantitative estimate of drug-likeness (QED) is 0.210. The number of fused-ring (bicyclic) bond motifs is 1. The predicted molar refractivity (Wildman–Crippen MR) is 115 cm³/mol. The number of carbonyl (C=O) groups excluding carboxylic acids is 2. The van der Waals surface area contributed by atoms with E-state index < -0.39 is 28.9 Å². The minimum absolute atomic E-state index is 0.0204. The van der Waals surface area contributed by atoms with Crippen LogP contribution in [0.2, 0.25) is 0 Å². The zero-order chi connectivity index (χ0) is 23.6. The predicted octanol–water partition coefficient (Wildman–Crippen LogP) is -1.61. The summed E-state index contributed by atoms with van der Waals surface area (Å²) in [6.45, 7) is 0. The first kappa shape index (κ1) is 23.5. The molecule has 15 nitrogen and oxygen atoms in total. The number of tetrazole rings is 2. The first-order valence-electron chi connectivity index (χ1n) is 9.27. The van der Waals surface area contributed by atoms with Gasteiger partial charge in [-0.1, -0.05) is 11.8 Å². The lowest BCUT2D eigenvalue weighted by molar-refractivity contribution is -0.192. The molecule has 18 heteroatoms. The van der Waals surface area contributed by atoms with Crippen molar-refractivity contribution in [2.75, 3.05) is 24.4 Å². The number of thioether (sulfide) groups is 3. The summed E-state index contributed by atoms with van der Waals surface area (Å²) in [5.41, 5.74) is -1.20. The molecule has 0 aromatic carbocycles. The minimum Gasteiger partial charge on any atom is -0.477 e. The van der Waals surface area contributed by atoms with E-state index in [1.807, 2.05) is 0 Å². The van der Waals surface area contributed by atoms with Crippen LogP contribution in [0.1, 0.15) is 0 Å². The van der Waals surface area contributed by atoms with Crippen LogP contribution in [0.25, 0.3) is 0 Å². The zero-order valence-electron chi connectivity index (χ0n) is 17.3. The summed E-state index contributed by atoms with van der Waals surface area (Å²) < 4.78 is 6.91. The third-order valence-electron chi connectivity index (χ3n) is 4.75. The largest absolute Gasteiger partial charge is 0.477 e. The summed E-state index contributed by atoms with van der Waals surface area (Å²) in [4.78, 5) is 40.1. The number of nitrogens with one attached hydrogen (secondary N) is 1. The molecule has 33 heavy (non-hydrogen) atoms. The topological polar surface area (TPSA) is 183 Å². The van der Waals surface area contributed by atoms with Crippen LogP contribution in [0.4, 0.5) is 0 Å². The van der Waals surface area contributed by atoms with Gasteiger partial charge in [-0.05, 0) is 21.2 Å². The molecule has 0 radical (unpaired) electrons. The second-order valence-electron chi connectivity index (χ2n) is 6.74. The fraction of sp³-hybridized carbons (Fsp3) is 0.533. The number of rotatable bonds is 10. The normalized spacial score (nSPS) is 22.2. The van der Waals surface area contributed by atoms with Crippen molar-refractivity contribution in [1.29, 1.82) is 0 Å². The molecule has 0 saturated carbocycles. The van der Waals surface area contributed by atoms with Crippen molar-refractivity contribution >= 4 is 53.1 Å². The van der Waals surface area contributed by atoms with Crippen LogP contribution in [0, 0.1) is 0 Å². The second kappa shape index (κ2) is 9.65. The van der Waals surface area contributed by atoms with E-state index in [4.69, 9.17) is 4.74 Å². The molecule has 1 saturated heterocycles. The molecular formula is C15H18N10O5S3. The van der Waals surface area contributed by atoms with Gasteiger partial charge in [-0.15, -0.1) is 38.8 Å². The van der Waals surface area contributed by atoms with E-state index in [1.165, 1.54) is 58.2 Å². The molecular weight excluding hydrogens is 496 g/mol. The number of aliphatic carboxylic acids is 1. The third kappa shape index (κ3) is 4.42. The lowest BCUT2D eigenvalue weighted by atomic mass is 9.98. The summed E-state index contributed by atoms with van der Waals surface area (Å²) in [7, 11) is 2.98. The lowest BCUT2D eigenvalue weighted by Gasteiger charge is -2.55. The van der Waals surface area contributed by atoms with Gasteiger partial charge in [0.25, 0.3) is 11.6 Å². The van der Waals surface area contributed by atoms with E-state index in [9.17, 15) is 19.5 Å². The highest BCUT2D eigenvalue weighted by Gasteiger charge is 2.66. The zero-order valence-corrected chi connectivity index (χ0v) is 19.8. The van der Waals surface area contributed by atoms with Gasteiger partial charge in [-0.25, -0.2) is 9.48 Å². The Labute approximate surface area is 199 Å². The molecule has 4 rings (SSSR count). The van der Waals surface area contributed by atoms with E-state index in [1.54, 1.807) is 7.05 Å². The van der Waals surface area contributed by atoms with Crippen LogP contribution in [-0.4, -0.2) is 104 Å². The van der Waals surface area contributed by atoms with Crippen molar-refractivity contribution in [3.8, 4) is 0 Å². The van der Waals surface area contributed by atoms with Crippen molar-refractivity contribution in [2.24, 2.45) is 7.05 Å². The highest BCUT2D eigenvalue weighted by atomic mass is 32.2. The number of carboxylic acids is 1. The summed E-state index contributed by atoms with van der Waals surface area (Å²) in [5, 5.41) is 34.6. The summed E-state index contributed by atoms with van der Waals surface area (Å²) in [6, 6.07) is 0. The number of nitrogens with zero attached hydrogens (tertiary/aromatic N) is 9. The van der Waals surface area contributed by atoms with Crippen LogP contribution >= 0.6 is 35.3 Å². The van der Waals surface area contributed by atoms with E-state index in [0.717, 1.165) is 4.90 Å². The molecule has 4 heterocycles. The van der Waals surface area contributed by atoms with Gasteiger partial charge < -0.3 is 15.2 Å². The first-order valence-corrected chi connectivity index (χ1v) is 12.5. The van der Waals surface area contributed by atoms with Crippen molar-refractivity contribution in [2.45, 2.75) is 22.1 Å². The molecule has 1 unspecified atom stereocenters. The number of hydrogen-bond donors (Lipinski definition) is 2. The van der Waals surface area contributed by atoms with Crippen molar-refractivity contribution in [1.82, 2.24) is 50.6 Å². The standard InChI is InChI=1S/C15H18N10O5S3/c1-23-14(19-20-22-23)33-4-8-3-32-13-15(30-2,12(29)25(13)10(8)11(27)28)18-9(26)5-31-7-24-17-6-16-21-24/h6,13H,3-5,7H2,1-2H3,(H,18,26)(H,27,28)/t13?,15-/m0/s1. The van der Waals surface area contributed by atoms with E-state index in [0.29, 0.717) is 28.1 Å². The summed E-state index contributed by atoms with van der Waals surface area (Å²) in [5.74, 6) is -1.36. The number of methoxy groups -OCH3 is 1. The number of carbonyl (C=O) groups is 3. The van der Waals surface area contributed by atoms with Gasteiger partial charge in [0.2, 0.25) is 11.1 Å². The number of carboxylic acid groups (broad SMARTS) is 1. The highest BCUT2D eigenvalue weighted by Crippen LogP contribution is 2.47. The molecule has 2 amide bonds. The molecule has 2 aliphatic heterocycles. The van der Waals surface area contributed by atoms with Crippen molar-refractivity contribution in [3.63, 3.8) is 0 Å². The molecule has 2 aliphatic rings. The Balaban J connectivity index is 1.44.